The number of rotatable bonds is 2. The number of carbonyl (C=O) groups excluding carboxylic acids is 1. The predicted octanol–water partition coefficient (Wildman–Crippen LogP) is -1.29. The first-order valence-electron chi connectivity index (χ1n) is 3.42. The maximum Gasteiger partial charge on any atom is 1.00 e. The van der Waals surface area contributed by atoms with Gasteiger partial charge in [-0.3, -0.25) is 0 Å². The van der Waals surface area contributed by atoms with Crippen LogP contribution in [0.2, 0.25) is 0 Å². The fourth-order valence-electron chi connectivity index (χ4n) is 0.820. The first-order valence-corrected chi connectivity index (χ1v) is 3.42. The van der Waals surface area contributed by atoms with Gasteiger partial charge in [-0.1, -0.05) is 12.1 Å². The monoisotopic (exact) mass is 225 g/mol. The maximum atomic E-state index is 12.1. The largest absolute Gasteiger partial charge is 1.00 e. The molecule has 1 aromatic carbocycles. The van der Waals surface area contributed by atoms with E-state index < -0.39 is 12.4 Å². The van der Waals surface area contributed by atoms with Crippen LogP contribution in [0.1, 0.15) is 0 Å². The zero-order valence-corrected chi connectivity index (χ0v) is 10.5. The van der Waals surface area contributed by atoms with Gasteiger partial charge in [-0.15, -0.1) is 5.46 Å². The van der Waals surface area contributed by atoms with Crippen LogP contribution in [0.25, 0.3) is 0 Å². The smallest absolute Gasteiger partial charge is 0.445 e. The molecule has 1 rings (SSSR count). The Labute approximate surface area is 121 Å². The Hall–Kier alpha value is 0.0913. The topological polar surface area (TPSA) is 29.4 Å². The van der Waals surface area contributed by atoms with Crippen molar-refractivity contribution in [1.29, 1.82) is 0 Å². The Bertz CT molecular complexity index is 345. The molecule has 0 aromatic heterocycles. The number of aliphatic imine (C=N–C) groups is 1. The van der Waals surface area contributed by atoms with Gasteiger partial charge in [0.1, 0.15) is 0 Å². The summed E-state index contributed by atoms with van der Waals surface area (Å²) in [6, 6.07) is 4.01. The molecule has 0 amide bonds. The molecule has 7 heteroatoms. The number of nitrogens with zero attached hydrogens (tertiary/aromatic N) is 1. The van der Waals surface area contributed by atoms with Crippen LogP contribution in [0.4, 0.5) is 18.6 Å². The molecule has 2 nitrogen and oxygen atoms in total. The summed E-state index contributed by atoms with van der Waals surface area (Å²) in [5.74, 6) is 0. The van der Waals surface area contributed by atoms with Gasteiger partial charge in [0.15, 0.2) is 0 Å². The fourth-order valence-corrected chi connectivity index (χ4v) is 0.820. The van der Waals surface area contributed by atoms with Crippen LogP contribution in [0.15, 0.2) is 29.3 Å². The van der Waals surface area contributed by atoms with E-state index in [9.17, 15) is 17.7 Å². The fraction of sp³-hybridized carbons (Fsp3) is 0. The number of hydrogen-bond donors (Lipinski definition) is 0. The summed E-state index contributed by atoms with van der Waals surface area (Å²) >= 11 is 0. The van der Waals surface area contributed by atoms with Crippen molar-refractivity contribution in [3.63, 3.8) is 0 Å². The summed E-state index contributed by atoms with van der Waals surface area (Å²) in [5, 5.41) is 0. The normalized spacial score (nSPS) is 9.93. The van der Waals surface area contributed by atoms with E-state index >= 15 is 0 Å². The predicted molar refractivity (Wildman–Crippen MR) is 42.9 cm³/mol. The molecule has 1 aromatic rings. The average molecular weight is 225 g/mol. The van der Waals surface area contributed by atoms with Crippen molar-refractivity contribution in [2.75, 3.05) is 0 Å². The Morgan fingerprint density at radius 3 is 2.00 bits per heavy atom. The zero-order chi connectivity index (χ0) is 9.90. The number of halogens is 3. The maximum absolute atomic E-state index is 12.1. The van der Waals surface area contributed by atoms with E-state index in [2.05, 4.69) is 4.99 Å². The van der Waals surface area contributed by atoms with Crippen LogP contribution in [0, 0.1) is 0 Å². The van der Waals surface area contributed by atoms with Crippen LogP contribution in [-0.2, 0) is 4.79 Å². The third-order valence-corrected chi connectivity index (χ3v) is 1.45. The molecule has 0 fully saturated rings. The van der Waals surface area contributed by atoms with Gasteiger partial charge in [0.25, 0.3) is 0 Å². The molecule has 68 valence electrons. The summed E-state index contributed by atoms with van der Waals surface area (Å²) in [5.41, 5.74) is -0.538. The van der Waals surface area contributed by atoms with Crippen molar-refractivity contribution in [3.05, 3.63) is 24.3 Å². The molecule has 0 aliphatic carbocycles. The summed E-state index contributed by atoms with van der Waals surface area (Å²) in [7, 11) is 0. The molecule has 0 spiro atoms. The molecule has 14 heavy (non-hydrogen) atoms. The molecule has 0 aliphatic heterocycles. The van der Waals surface area contributed by atoms with E-state index in [1.165, 1.54) is 6.08 Å². The van der Waals surface area contributed by atoms with Crippen molar-refractivity contribution in [2.24, 2.45) is 4.99 Å². The first kappa shape index (κ1) is 14.1. The van der Waals surface area contributed by atoms with E-state index in [-0.39, 0.29) is 57.1 Å². The van der Waals surface area contributed by atoms with Gasteiger partial charge >= 0.3 is 58.4 Å². The third-order valence-electron chi connectivity index (χ3n) is 1.45. The summed E-state index contributed by atoms with van der Waals surface area (Å²) < 4.78 is 36.2. The van der Waals surface area contributed by atoms with Gasteiger partial charge in [0.2, 0.25) is 6.08 Å². The molecule has 0 unspecified atom stereocenters. The standard InChI is InChI=1S/C7H4BF3NO.K/c9-8(10,11)6-1-3-7(4-2-6)12-5-13;/h1-4H;/q-1;+1. The number of benzene rings is 1. The molecular weight excluding hydrogens is 221 g/mol. The minimum absolute atomic E-state index is 0. The van der Waals surface area contributed by atoms with Gasteiger partial charge in [0, 0.05) is 0 Å². The molecule has 0 bridgehead atoms. The first-order chi connectivity index (χ1) is 6.04. The molecule has 0 atom stereocenters. The van der Waals surface area contributed by atoms with E-state index in [1.807, 2.05) is 0 Å². The molecule has 0 heterocycles. The Kier molecular flexibility index (Phi) is 5.89. The van der Waals surface area contributed by atoms with E-state index in [1.54, 1.807) is 0 Å². The molecule has 0 radical (unpaired) electrons. The van der Waals surface area contributed by atoms with Gasteiger partial charge in [-0.2, -0.15) is 4.99 Å². The Morgan fingerprint density at radius 2 is 1.64 bits per heavy atom. The zero-order valence-electron chi connectivity index (χ0n) is 7.38. The molecule has 0 saturated carbocycles. The van der Waals surface area contributed by atoms with Crippen molar-refractivity contribution in [1.82, 2.24) is 0 Å². The van der Waals surface area contributed by atoms with E-state index in [0.717, 1.165) is 24.3 Å². The van der Waals surface area contributed by atoms with Gasteiger partial charge in [-0.25, -0.2) is 4.79 Å². The molecule has 0 N–H and O–H groups in total. The van der Waals surface area contributed by atoms with E-state index in [0.29, 0.717) is 0 Å². The van der Waals surface area contributed by atoms with Gasteiger partial charge < -0.3 is 12.9 Å². The molecule has 0 aliphatic rings. The number of isocyanates is 1. The third kappa shape index (κ3) is 4.08. The minimum atomic E-state index is -4.97. The van der Waals surface area contributed by atoms with Gasteiger partial charge in [0.05, 0.1) is 5.69 Å². The summed E-state index contributed by atoms with van der Waals surface area (Å²) in [6.45, 7) is -4.97. The molecule has 0 saturated heterocycles. The van der Waals surface area contributed by atoms with Gasteiger partial charge in [-0.05, 0) is 12.1 Å². The summed E-state index contributed by atoms with van der Waals surface area (Å²) in [4.78, 5) is 12.9. The SMILES string of the molecule is O=C=Nc1ccc([B-](F)(F)F)cc1.[K+]. The Balaban J connectivity index is 0.00000169. The second-order valence-corrected chi connectivity index (χ2v) is 2.37. The van der Waals surface area contributed by atoms with Crippen LogP contribution in [0.5, 0.6) is 0 Å². The minimum Gasteiger partial charge on any atom is -0.445 e. The molecular formula is C7H4BF3KNO. The van der Waals surface area contributed by atoms with Crippen molar-refractivity contribution < 1.29 is 69.1 Å². The van der Waals surface area contributed by atoms with Crippen LogP contribution in [-0.4, -0.2) is 13.1 Å². The number of hydrogen-bond acceptors (Lipinski definition) is 2. The second kappa shape index (κ2) is 5.85. The average Bonchev–Trinajstić information content (AvgIpc) is 2.04. The van der Waals surface area contributed by atoms with E-state index in [4.69, 9.17) is 0 Å². The van der Waals surface area contributed by atoms with Crippen molar-refractivity contribution in [2.45, 2.75) is 0 Å². The van der Waals surface area contributed by atoms with Crippen LogP contribution < -0.4 is 56.8 Å². The quantitative estimate of drug-likeness (QED) is 0.350. The van der Waals surface area contributed by atoms with Crippen molar-refractivity contribution in [3.8, 4) is 0 Å². The second-order valence-electron chi connectivity index (χ2n) is 2.37. The Morgan fingerprint density at radius 1 is 1.14 bits per heavy atom. The summed E-state index contributed by atoms with van der Waals surface area (Å²) in [6.07, 6.45) is 1.24. The van der Waals surface area contributed by atoms with Crippen LogP contribution >= 0.6 is 0 Å². The van der Waals surface area contributed by atoms with Crippen LogP contribution in [0.3, 0.4) is 0 Å². The van der Waals surface area contributed by atoms with Crippen molar-refractivity contribution >= 4 is 24.2 Å².